The maximum atomic E-state index is 6.62. The van der Waals surface area contributed by atoms with E-state index in [-0.39, 0.29) is 40.8 Å². The normalized spacial score (nSPS) is 11.2. The number of hydrogen-bond acceptors (Lipinski definition) is 12. The van der Waals surface area contributed by atoms with Crippen molar-refractivity contribution in [3.05, 3.63) is 341 Å². The molecule has 0 saturated heterocycles. The van der Waals surface area contributed by atoms with E-state index in [2.05, 4.69) is 167 Å². The SMILES string of the molecule is [Pd+2].[Pd+2].[c-]1c(-c2ncccn2)[c-]c(Oc2[c-]c3c(cc2)c2ccccc2n3-c2ccccn2)cc1Oc1[c-]c2c(cc1)c1ccccc1n2-c1ccccn1.c1ccc(-n2c3ccccc3c3ccc(Oc4cc(Oc5ccc6c7ccccc7n(-c7ccccn7)c6c5)cc(-c5ncccn5)c4)cc32)nc1. The summed E-state index contributed by atoms with van der Waals surface area (Å²) in [6.07, 6.45) is 14.0. The first-order chi connectivity index (χ1) is 51.5. The van der Waals surface area contributed by atoms with Gasteiger partial charge >= 0.3 is 40.8 Å². The summed E-state index contributed by atoms with van der Waals surface area (Å²) in [4.78, 5) is 36.6. The van der Waals surface area contributed by atoms with Crippen LogP contribution in [0.3, 0.4) is 0 Å². The van der Waals surface area contributed by atoms with Gasteiger partial charge in [-0.1, -0.05) is 108 Å². The molecule has 10 heterocycles. The Morgan fingerprint density at radius 1 is 0.226 bits per heavy atom. The Labute approximate surface area is 633 Å². The van der Waals surface area contributed by atoms with Gasteiger partial charge in [0.2, 0.25) is 0 Å². The maximum absolute atomic E-state index is 6.62. The van der Waals surface area contributed by atoms with Crippen molar-refractivity contribution in [1.29, 1.82) is 0 Å². The molecule has 10 aromatic carbocycles. The summed E-state index contributed by atoms with van der Waals surface area (Å²) in [5, 5.41) is 8.79. The fourth-order valence-electron chi connectivity index (χ4n) is 13.7. The van der Waals surface area contributed by atoms with Crippen LogP contribution in [0.1, 0.15) is 0 Å². The van der Waals surface area contributed by atoms with Gasteiger partial charge in [-0.05, 0) is 149 Å². The second-order valence-electron chi connectivity index (χ2n) is 24.4. The van der Waals surface area contributed by atoms with E-state index in [0.717, 1.165) is 116 Å². The molecular formula is C88H52N12O4Pd2. The smallest absolute Gasteiger partial charge is 0.521 e. The molecule has 508 valence electrons. The van der Waals surface area contributed by atoms with E-state index in [9.17, 15) is 0 Å². The van der Waals surface area contributed by atoms with Gasteiger partial charge in [0.1, 0.15) is 46.3 Å². The molecule has 0 aliphatic carbocycles. The van der Waals surface area contributed by atoms with Crippen LogP contribution in [0.4, 0.5) is 0 Å². The summed E-state index contributed by atoms with van der Waals surface area (Å²) in [6.45, 7) is 0. The Morgan fingerprint density at radius 2 is 0.566 bits per heavy atom. The van der Waals surface area contributed by atoms with E-state index < -0.39 is 0 Å². The second-order valence-corrected chi connectivity index (χ2v) is 24.4. The average Bonchev–Trinajstić information content (AvgIpc) is 1.62. The van der Waals surface area contributed by atoms with Gasteiger partial charge in [0.15, 0.2) is 5.82 Å². The van der Waals surface area contributed by atoms with E-state index in [1.54, 1.807) is 55.4 Å². The third-order valence-corrected chi connectivity index (χ3v) is 18.1. The van der Waals surface area contributed by atoms with Crippen LogP contribution >= 0.6 is 0 Å². The summed E-state index contributed by atoms with van der Waals surface area (Å²) in [5.41, 5.74) is 9.13. The van der Waals surface area contributed by atoms with E-state index in [1.165, 1.54) is 0 Å². The summed E-state index contributed by atoms with van der Waals surface area (Å²) in [6, 6.07) is 102. The van der Waals surface area contributed by atoms with Crippen molar-refractivity contribution in [3.63, 3.8) is 0 Å². The van der Waals surface area contributed by atoms with Gasteiger partial charge in [-0.15, -0.1) is 41.1 Å². The number of pyridine rings is 4. The van der Waals surface area contributed by atoms with Crippen molar-refractivity contribution in [1.82, 2.24) is 58.1 Å². The standard InChI is InChI=1S/C44H28N6O2.C44H24N6O2.2Pd/c2*1-3-12-38-34(10-1)36-18-16-30(27-40(36)49(38)42-14-5-7-20-45-42)51-32-24-29(44-47-22-9-23-48-44)25-33(26-32)52-31-17-19-37-35-11-2-4-13-39(35)50(41(37)28-31)43-15-6-8-21-46-43;;/h1-28H;1-23,26H;;/q;-4;2*+2. The molecule has 0 amide bonds. The fourth-order valence-corrected chi connectivity index (χ4v) is 13.7. The topological polar surface area (TPSA) is 160 Å². The van der Waals surface area contributed by atoms with Crippen molar-refractivity contribution >= 4 is 87.2 Å². The molecule has 0 spiro atoms. The molecule has 0 unspecified atom stereocenters. The minimum absolute atomic E-state index is 0. The molecule has 20 aromatic rings. The minimum atomic E-state index is 0. The molecule has 0 radical (unpaired) electrons. The molecule has 0 saturated carbocycles. The first kappa shape index (κ1) is 66.0. The first-order valence-electron chi connectivity index (χ1n) is 33.6. The van der Waals surface area contributed by atoms with E-state index in [1.807, 2.05) is 176 Å². The zero-order valence-electron chi connectivity index (χ0n) is 55.7. The number of nitrogens with zero attached hydrogens (tertiary/aromatic N) is 12. The van der Waals surface area contributed by atoms with Crippen LogP contribution in [0.15, 0.2) is 316 Å². The van der Waals surface area contributed by atoms with E-state index in [4.69, 9.17) is 18.9 Å². The molecule has 16 nitrogen and oxygen atoms in total. The Morgan fingerprint density at radius 3 is 0.972 bits per heavy atom. The molecule has 106 heavy (non-hydrogen) atoms. The zero-order chi connectivity index (χ0) is 68.9. The molecule has 10 aromatic heterocycles. The summed E-state index contributed by atoms with van der Waals surface area (Å²) >= 11 is 0. The molecule has 20 rings (SSSR count). The molecular weight excluding hydrogens is 1500 g/mol. The molecule has 0 aliphatic heterocycles. The van der Waals surface area contributed by atoms with E-state index in [0.29, 0.717) is 63.2 Å². The van der Waals surface area contributed by atoms with Crippen molar-refractivity contribution in [2.75, 3.05) is 0 Å². The number of benzene rings is 10. The van der Waals surface area contributed by atoms with Gasteiger partial charge in [-0.2, -0.15) is 12.1 Å². The fraction of sp³-hybridized carbons (Fsp3) is 0. The van der Waals surface area contributed by atoms with E-state index >= 15 is 0 Å². The molecule has 0 bridgehead atoms. The number of hydrogen-bond donors (Lipinski definition) is 0. The summed E-state index contributed by atoms with van der Waals surface area (Å²) < 4.78 is 34.7. The Kier molecular flexibility index (Phi) is 17.7. The maximum Gasteiger partial charge on any atom is 2.00 e. The average molecular weight is 1550 g/mol. The van der Waals surface area contributed by atoms with Gasteiger partial charge in [0.25, 0.3) is 0 Å². The van der Waals surface area contributed by atoms with Gasteiger partial charge in [0, 0.05) is 117 Å². The Balaban J connectivity index is 0.000000153. The summed E-state index contributed by atoms with van der Waals surface area (Å²) in [5.74, 6) is 8.53. The minimum Gasteiger partial charge on any atom is -0.521 e. The third-order valence-electron chi connectivity index (χ3n) is 18.1. The Bertz CT molecular complexity index is 5870. The van der Waals surface area contributed by atoms with Gasteiger partial charge in [-0.25, -0.2) is 47.6 Å². The number of aromatic nitrogens is 12. The van der Waals surface area contributed by atoms with Crippen molar-refractivity contribution in [2.45, 2.75) is 0 Å². The van der Waals surface area contributed by atoms with Crippen molar-refractivity contribution in [2.24, 2.45) is 0 Å². The van der Waals surface area contributed by atoms with Gasteiger partial charge in [0.05, 0.1) is 22.1 Å². The van der Waals surface area contributed by atoms with Crippen LogP contribution in [0.2, 0.25) is 0 Å². The molecule has 0 atom stereocenters. The van der Waals surface area contributed by atoms with Crippen LogP contribution in [0.5, 0.6) is 46.0 Å². The van der Waals surface area contributed by atoms with Crippen LogP contribution < -0.4 is 18.9 Å². The van der Waals surface area contributed by atoms with Crippen molar-refractivity contribution < 1.29 is 59.8 Å². The first-order valence-corrected chi connectivity index (χ1v) is 33.6. The van der Waals surface area contributed by atoms with Crippen molar-refractivity contribution in [3.8, 4) is 92.0 Å². The number of para-hydroxylation sites is 4. The predicted octanol–water partition coefficient (Wildman–Crippen LogP) is 20.6. The summed E-state index contributed by atoms with van der Waals surface area (Å²) in [7, 11) is 0. The molecule has 0 N–H and O–H groups in total. The predicted molar refractivity (Wildman–Crippen MR) is 405 cm³/mol. The van der Waals surface area contributed by atoms with Crippen LogP contribution in [0.25, 0.3) is 133 Å². The molecule has 0 aliphatic rings. The number of ether oxygens (including phenoxy) is 4. The molecule has 0 fully saturated rings. The van der Waals surface area contributed by atoms with Crippen LogP contribution in [-0.4, -0.2) is 58.1 Å². The number of fused-ring (bicyclic) bond motifs is 12. The largest absolute Gasteiger partial charge is 2.00 e. The van der Waals surface area contributed by atoms with Gasteiger partial charge in [-0.3, -0.25) is 9.13 Å². The molecule has 18 heteroatoms. The zero-order valence-corrected chi connectivity index (χ0v) is 58.8. The monoisotopic (exact) mass is 1550 g/mol. The quantitative estimate of drug-likeness (QED) is 0.0750. The second kappa shape index (κ2) is 28.5. The van der Waals surface area contributed by atoms with Crippen LogP contribution in [0, 0.1) is 24.3 Å². The third kappa shape index (κ3) is 12.4. The van der Waals surface area contributed by atoms with Gasteiger partial charge < -0.3 is 38.0 Å². The van der Waals surface area contributed by atoms with Crippen LogP contribution in [-0.2, 0) is 40.8 Å². The Hall–Kier alpha value is -13.3. The number of rotatable bonds is 14.